The molecular formula is C26H28O10. The summed E-state index contributed by atoms with van der Waals surface area (Å²) in [6.07, 6.45) is 0. The van der Waals surface area contributed by atoms with Gasteiger partial charge < -0.3 is 23.7 Å². The Labute approximate surface area is 208 Å². The van der Waals surface area contributed by atoms with Gasteiger partial charge in [-0.1, -0.05) is 45.0 Å². The summed E-state index contributed by atoms with van der Waals surface area (Å²) in [4.78, 5) is 65.0. The van der Waals surface area contributed by atoms with Crippen LogP contribution >= 0.6 is 0 Å². The van der Waals surface area contributed by atoms with Gasteiger partial charge in [0.15, 0.2) is 0 Å². The van der Waals surface area contributed by atoms with Crippen LogP contribution in [0.15, 0.2) is 24.3 Å². The van der Waals surface area contributed by atoms with Gasteiger partial charge in [0, 0.05) is 5.56 Å². The summed E-state index contributed by atoms with van der Waals surface area (Å²) in [7, 11) is 5.15. The van der Waals surface area contributed by atoms with Gasteiger partial charge in [0.25, 0.3) is 0 Å². The molecule has 0 saturated carbocycles. The van der Waals surface area contributed by atoms with Crippen LogP contribution in [0.2, 0.25) is 0 Å². The Morgan fingerprint density at radius 1 is 0.500 bits per heavy atom. The highest BCUT2D eigenvalue weighted by Crippen LogP contribution is 2.39. The first-order chi connectivity index (χ1) is 16.9. The minimum Gasteiger partial charge on any atom is -0.465 e. The standard InChI is InChI=1S/C26H28O10/c1-26(2,3)14-11-9-13(10-12-14)15-16(21(27)32-4)18(23(29)34-6)20(25(31)36-8)19(24(30)35-7)17(15)22(28)33-5/h9-12H,1-8H3. The number of carbonyl (C=O) groups is 5. The van der Waals surface area contributed by atoms with Crippen molar-refractivity contribution in [1.82, 2.24) is 0 Å². The summed E-state index contributed by atoms with van der Waals surface area (Å²) in [6, 6.07) is 6.74. The fourth-order valence-electron chi connectivity index (χ4n) is 3.71. The second kappa shape index (κ2) is 11.0. The van der Waals surface area contributed by atoms with E-state index in [1.165, 1.54) is 0 Å². The topological polar surface area (TPSA) is 132 Å². The van der Waals surface area contributed by atoms with Gasteiger partial charge in [-0.2, -0.15) is 0 Å². The van der Waals surface area contributed by atoms with Crippen molar-refractivity contribution in [2.24, 2.45) is 0 Å². The summed E-state index contributed by atoms with van der Waals surface area (Å²) < 4.78 is 24.3. The van der Waals surface area contributed by atoms with E-state index in [1.54, 1.807) is 24.3 Å². The predicted octanol–water partition coefficient (Wildman–Crippen LogP) is 3.58. The zero-order valence-electron chi connectivity index (χ0n) is 21.4. The minimum atomic E-state index is -1.19. The molecule has 0 heterocycles. The molecule has 0 atom stereocenters. The molecule has 0 unspecified atom stereocenters. The van der Waals surface area contributed by atoms with Gasteiger partial charge in [0.2, 0.25) is 0 Å². The van der Waals surface area contributed by atoms with Crippen molar-refractivity contribution in [1.29, 1.82) is 0 Å². The molecule has 0 aromatic heterocycles. The third kappa shape index (κ3) is 5.07. The van der Waals surface area contributed by atoms with Crippen LogP contribution < -0.4 is 0 Å². The Hall–Kier alpha value is -4.21. The average molecular weight is 501 g/mol. The van der Waals surface area contributed by atoms with Crippen LogP contribution in [-0.2, 0) is 29.1 Å². The average Bonchev–Trinajstić information content (AvgIpc) is 2.88. The summed E-state index contributed by atoms with van der Waals surface area (Å²) in [5.74, 6) is -5.63. The van der Waals surface area contributed by atoms with Crippen LogP contribution in [0.25, 0.3) is 11.1 Å². The molecular weight excluding hydrogens is 472 g/mol. The van der Waals surface area contributed by atoms with Crippen molar-refractivity contribution in [3.05, 3.63) is 57.6 Å². The number of hydrogen-bond acceptors (Lipinski definition) is 10. The second-order valence-corrected chi connectivity index (χ2v) is 8.54. The van der Waals surface area contributed by atoms with Gasteiger partial charge in [0.1, 0.15) is 0 Å². The molecule has 0 saturated heterocycles. The highest BCUT2D eigenvalue weighted by atomic mass is 16.5. The lowest BCUT2D eigenvalue weighted by Gasteiger charge is -2.23. The highest BCUT2D eigenvalue weighted by Gasteiger charge is 2.40. The molecule has 10 nitrogen and oxygen atoms in total. The lowest BCUT2D eigenvalue weighted by atomic mass is 9.81. The lowest BCUT2D eigenvalue weighted by molar-refractivity contribution is 0.0512. The van der Waals surface area contributed by atoms with Gasteiger partial charge in [-0.05, 0) is 16.5 Å². The Morgan fingerprint density at radius 3 is 1.06 bits per heavy atom. The second-order valence-electron chi connectivity index (χ2n) is 8.54. The fourth-order valence-corrected chi connectivity index (χ4v) is 3.71. The largest absolute Gasteiger partial charge is 0.465 e. The number of rotatable bonds is 6. The maximum atomic E-state index is 13.1. The number of methoxy groups -OCH3 is 5. The zero-order chi connectivity index (χ0) is 27.4. The summed E-state index contributed by atoms with van der Waals surface area (Å²) in [6.45, 7) is 5.99. The number of esters is 5. The van der Waals surface area contributed by atoms with Crippen molar-refractivity contribution in [2.75, 3.05) is 35.5 Å². The SMILES string of the molecule is COC(=O)c1c(C(=O)OC)c(C(=O)OC)c(-c2ccc(C(C)(C)C)cc2)c(C(=O)OC)c1C(=O)OC. The molecule has 2 rings (SSSR count). The zero-order valence-corrected chi connectivity index (χ0v) is 21.4. The van der Waals surface area contributed by atoms with Crippen molar-refractivity contribution in [2.45, 2.75) is 26.2 Å². The Bertz CT molecular complexity index is 1160. The monoisotopic (exact) mass is 500 g/mol. The maximum Gasteiger partial charge on any atom is 0.339 e. The first kappa shape index (κ1) is 28.0. The third-order valence-corrected chi connectivity index (χ3v) is 5.49. The van der Waals surface area contributed by atoms with Crippen molar-refractivity contribution < 1.29 is 47.7 Å². The van der Waals surface area contributed by atoms with Gasteiger partial charge in [0.05, 0.1) is 63.4 Å². The predicted molar refractivity (Wildman–Crippen MR) is 127 cm³/mol. The van der Waals surface area contributed by atoms with Crippen molar-refractivity contribution in [3.8, 4) is 11.1 Å². The molecule has 2 aromatic rings. The van der Waals surface area contributed by atoms with Crippen LogP contribution in [0.1, 0.15) is 78.1 Å². The number of ether oxygens (including phenoxy) is 5. The van der Waals surface area contributed by atoms with E-state index in [0.29, 0.717) is 0 Å². The molecule has 0 aliphatic rings. The minimum absolute atomic E-state index is 0.178. The number of benzene rings is 2. The Morgan fingerprint density at radius 2 is 0.778 bits per heavy atom. The van der Waals surface area contributed by atoms with Crippen LogP contribution in [0.4, 0.5) is 0 Å². The molecule has 0 radical (unpaired) electrons. The Balaban J connectivity index is 3.33. The van der Waals surface area contributed by atoms with Gasteiger partial charge >= 0.3 is 29.8 Å². The van der Waals surface area contributed by atoms with E-state index in [-0.39, 0.29) is 16.5 Å². The van der Waals surface area contributed by atoms with Gasteiger partial charge in [-0.25, -0.2) is 24.0 Å². The van der Waals surface area contributed by atoms with Crippen LogP contribution in [0.5, 0.6) is 0 Å². The van der Waals surface area contributed by atoms with Crippen LogP contribution in [0.3, 0.4) is 0 Å². The normalized spacial score (nSPS) is 10.8. The van der Waals surface area contributed by atoms with E-state index in [2.05, 4.69) is 0 Å². The molecule has 0 N–H and O–H groups in total. The van der Waals surface area contributed by atoms with Gasteiger partial charge in [-0.3, -0.25) is 0 Å². The summed E-state index contributed by atoms with van der Waals surface area (Å²) >= 11 is 0. The molecule has 36 heavy (non-hydrogen) atoms. The molecule has 0 aliphatic carbocycles. The van der Waals surface area contributed by atoms with Crippen molar-refractivity contribution in [3.63, 3.8) is 0 Å². The first-order valence-corrected chi connectivity index (χ1v) is 10.7. The maximum absolute atomic E-state index is 13.1. The van der Waals surface area contributed by atoms with E-state index < -0.39 is 57.7 Å². The van der Waals surface area contributed by atoms with E-state index in [0.717, 1.165) is 41.1 Å². The molecule has 0 spiro atoms. The molecule has 0 fully saturated rings. The fraction of sp³-hybridized carbons (Fsp3) is 0.346. The molecule has 10 heteroatoms. The molecule has 0 amide bonds. The van der Waals surface area contributed by atoms with E-state index in [1.807, 2.05) is 20.8 Å². The molecule has 2 aromatic carbocycles. The quantitative estimate of drug-likeness (QED) is 0.428. The smallest absolute Gasteiger partial charge is 0.339 e. The lowest BCUT2D eigenvalue weighted by Crippen LogP contribution is -2.27. The highest BCUT2D eigenvalue weighted by molar-refractivity contribution is 6.23. The van der Waals surface area contributed by atoms with Crippen LogP contribution in [-0.4, -0.2) is 65.4 Å². The molecule has 192 valence electrons. The van der Waals surface area contributed by atoms with E-state index >= 15 is 0 Å². The summed E-state index contributed by atoms with van der Waals surface area (Å²) in [5, 5.41) is 0. The van der Waals surface area contributed by atoms with E-state index in [4.69, 9.17) is 23.7 Å². The van der Waals surface area contributed by atoms with Crippen molar-refractivity contribution >= 4 is 29.8 Å². The van der Waals surface area contributed by atoms with Crippen LogP contribution in [0, 0.1) is 0 Å². The number of carbonyl (C=O) groups excluding carboxylic acids is 5. The number of hydrogen-bond donors (Lipinski definition) is 0. The molecule has 0 bridgehead atoms. The van der Waals surface area contributed by atoms with E-state index in [9.17, 15) is 24.0 Å². The Kier molecular flexibility index (Phi) is 8.58. The first-order valence-electron chi connectivity index (χ1n) is 10.7. The molecule has 0 aliphatic heterocycles. The summed E-state index contributed by atoms with van der Waals surface area (Å²) in [5.41, 5.74) is -2.14. The third-order valence-electron chi connectivity index (χ3n) is 5.49. The van der Waals surface area contributed by atoms with Gasteiger partial charge in [-0.15, -0.1) is 0 Å².